The lowest BCUT2D eigenvalue weighted by Gasteiger charge is -2.31. The van der Waals surface area contributed by atoms with Gasteiger partial charge >= 0.3 is 0 Å². The summed E-state index contributed by atoms with van der Waals surface area (Å²) < 4.78 is 10.2. The van der Waals surface area contributed by atoms with Gasteiger partial charge in [-0.05, 0) is 6.42 Å². The molecule has 0 saturated heterocycles. The van der Waals surface area contributed by atoms with E-state index in [1.165, 1.54) is 0 Å². The Labute approximate surface area is 105 Å². The smallest absolute Gasteiger partial charge is 0.127 e. The van der Waals surface area contributed by atoms with Crippen LogP contribution in [0.2, 0.25) is 0 Å². The van der Waals surface area contributed by atoms with Gasteiger partial charge in [0.1, 0.15) is 6.29 Å². The number of carbonyl (C=O) groups is 1. The van der Waals surface area contributed by atoms with Gasteiger partial charge in [0, 0.05) is 39.3 Å². The zero-order valence-electron chi connectivity index (χ0n) is 11.7. The minimum atomic E-state index is -0.254. The molecule has 0 aromatic rings. The zero-order valence-corrected chi connectivity index (χ0v) is 11.7. The van der Waals surface area contributed by atoms with Gasteiger partial charge in [-0.25, -0.2) is 0 Å². The summed E-state index contributed by atoms with van der Waals surface area (Å²) in [5.74, 6) is 0. The van der Waals surface area contributed by atoms with Gasteiger partial charge in [-0.1, -0.05) is 20.3 Å². The highest BCUT2D eigenvalue weighted by atomic mass is 16.5. The molecule has 0 rings (SSSR count). The lowest BCUT2D eigenvalue weighted by molar-refractivity contribution is -0.117. The molecule has 0 N–H and O–H groups in total. The van der Waals surface area contributed by atoms with Crippen LogP contribution in [0, 0.1) is 5.41 Å². The predicted octanol–water partition coefficient (Wildman–Crippen LogP) is 1.59. The second-order valence-electron chi connectivity index (χ2n) is 4.78. The molecule has 0 amide bonds. The van der Waals surface area contributed by atoms with Gasteiger partial charge in [0.05, 0.1) is 13.2 Å². The molecule has 0 radical (unpaired) electrons. The topological polar surface area (TPSA) is 38.8 Å². The van der Waals surface area contributed by atoms with E-state index in [4.69, 9.17) is 9.47 Å². The van der Waals surface area contributed by atoms with Crippen molar-refractivity contribution in [1.82, 2.24) is 4.90 Å². The number of nitrogens with zero attached hydrogens (tertiary/aromatic N) is 1. The van der Waals surface area contributed by atoms with Gasteiger partial charge in [-0.15, -0.1) is 0 Å². The van der Waals surface area contributed by atoms with E-state index in [0.29, 0.717) is 13.2 Å². The summed E-state index contributed by atoms with van der Waals surface area (Å²) in [6, 6.07) is 0. The summed E-state index contributed by atoms with van der Waals surface area (Å²) in [6.07, 6.45) is 3.04. The van der Waals surface area contributed by atoms with Crippen LogP contribution < -0.4 is 0 Å². The average Bonchev–Trinajstić information content (AvgIpc) is 2.33. The van der Waals surface area contributed by atoms with Gasteiger partial charge < -0.3 is 14.3 Å². The van der Waals surface area contributed by atoms with Crippen LogP contribution in [0.1, 0.15) is 26.7 Å². The molecule has 4 heteroatoms. The largest absolute Gasteiger partial charge is 0.383 e. The molecule has 0 aliphatic rings. The van der Waals surface area contributed by atoms with E-state index in [9.17, 15) is 4.79 Å². The third kappa shape index (κ3) is 7.47. The van der Waals surface area contributed by atoms with E-state index < -0.39 is 0 Å². The maximum absolute atomic E-state index is 11.2. The third-order valence-electron chi connectivity index (χ3n) is 2.91. The second kappa shape index (κ2) is 9.57. The first-order chi connectivity index (χ1) is 8.11. The number of carbonyl (C=O) groups excluding carboxylic acids is 1. The summed E-state index contributed by atoms with van der Waals surface area (Å²) in [6.45, 7) is 7.96. The van der Waals surface area contributed by atoms with Crippen molar-refractivity contribution in [3.8, 4) is 0 Å². The third-order valence-corrected chi connectivity index (χ3v) is 2.91. The molecular weight excluding hydrogens is 218 g/mol. The van der Waals surface area contributed by atoms with Crippen LogP contribution in [0.15, 0.2) is 0 Å². The molecular formula is C13H27NO3. The van der Waals surface area contributed by atoms with E-state index in [0.717, 1.165) is 38.8 Å². The zero-order chi connectivity index (χ0) is 13.1. The Morgan fingerprint density at radius 3 is 2.06 bits per heavy atom. The standard InChI is InChI=1S/C13H27NO3/c1-5-6-13(2,12-15)11-14(7-9-16-3)8-10-17-4/h12H,5-11H2,1-4H3. The fourth-order valence-corrected chi connectivity index (χ4v) is 1.97. The number of aldehydes is 1. The van der Waals surface area contributed by atoms with E-state index in [1.807, 2.05) is 6.92 Å². The molecule has 0 bridgehead atoms. The second-order valence-corrected chi connectivity index (χ2v) is 4.78. The molecule has 1 atom stereocenters. The molecule has 0 fully saturated rings. The molecule has 0 heterocycles. The first-order valence-electron chi connectivity index (χ1n) is 6.28. The lowest BCUT2D eigenvalue weighted by atomic mass is 9.86. The van der Waals surface area contributed by atoms with E-state index in [-0.39, 0.29) is 5.41 Å². The molecule has 0 spiro atoms. The highest BCUT2D eigenvalue weighted by molar-refractivity contribution is 5.58. The summed E-state index contributed by atoms with van der Waals surface area (Å²) in [5.41, 5.74) is -0.254. The quantitative estimate of drug-likeness (QED) is 0.518. The van der Waals surface area contributed by atoms with E-state index >= 15 is 0 Å². The SMILES string of the molecule is CCCC(C)(C=O)CN(CCOC)CCOC. The van der Waals surface area contributed by atoms with Crippen LogP contribution in [0.5, 0.6) is 0 Å². The Morgan fingerprint density at radius 2 is 1.71 bits per heavy atom. The number of ether oxygens (including phenoxy) is 2. The molecule has 0 aromatic carbocycles. The van der Waals surface area contributed by atoms with Gasteiger partial charge in [0.2, 0.25) is 0 Å². The Morgan fingerprint density at radius 1 is 1.18 bits per heavy atom. The minimum Gasteiger partial charge on any atom is -0.383 e. The van der Waals surface area contributed by atoms with Crippen molar-refractivity contribution in [1.29, 1.82) is 0 Å². The maximum atomic E-state index is 11.2. The maximum Gasteiger partial charge on any atom is 0.127 e. The monoisotopic (exact) mass is 245 g/mol. The predicted molar refractivity (Wildman–Crippen MR) is 69.3 cm³/mol. The van der Waals surface area contributed by atoms with Crippen LogP contribution in [0.3, 0.4) is 0 Å². The van der Waals surface area contributed by atoms with Crippen LogP contribution in [-0.4, -0.2) is 58.3 Å². The van der Waals surface area contributed by atoms with Crippen molar-refractivity contribution in [3.05, 3.63) is 0 Å². The van der Waals surface area contributed by atoms with Crippen LogP contribution >= 0.6 is 0 Å². The minimum absolute atomic E-state index is 0.254. The Bertz CT molecular complexity index is 191. The first kappa shape index (κ1) is 16.6. The molecule has 1 unspecified atom stereocenters. The van der Waals surface area contributed by atoms with Crippen molar-refractivity contribution in [2.45, 2.75) is 26.7 Å². The van der Waals surface area contributed by atoms with Crippen molar-refractivity contribution < 1.29 is 14.3 Å². The van der Waals surface area contributed by atoms with Crippen LogP contribution in [0.25, 0.3) is 0 Å². The molecule has 4 nitrogen and oxygen atoms in total. The van der Waals surface area contributed by atoms with Crippen molar-refractivity contribution in [3.63, 3.8) is 0 Å². The summed E-state index contributed by atoms with van der Waals surface area (Å²) in [4.78, 5) is 13.4. The fraction of sp³-hybridized carbons (Fsp3) is 0.923. The molecule has 17 heavy (non-hydrogen) atoms. The summed E-state index contributed by atoms with van der Waals surface area (Å²) >= 11 is 0. The molecule has 102 valence electrons. The van der Waals surface area contributed by atoms with Gasteiger partial charge in [0.15, 0.2) is 0 Å². The van der Waals surface area contributed by atoms with Crippen LogP contribution in [0.4, 0.5) is 0 Å². The Kier molecular flexibility index (Phi) is 9.31. The summed E-state index contributed by atoms with van der Waals surface area (Å²) in [5, 5.41) is 0. The van der Waals surface area contributed by atoms with Crippen molar-refractivity contribution in [2.24, 2.45) is 5.41 Å². The Hall–Kier alpha value is -0.450. The lowest BCUT2D eigenvalue weighted by Crippen LogP contribution is -2.40. The normalized spacial score (nSPS) is 14.9. The number of hydrogen-bond donors (Lipinski definition) is 0. The van der Waals surface area contributed by atoms with E-state index in [1.54, 1.807) is 14.2 Å². The van der Waals surface area contributed by atoms with Crippen LogP contribution in [-0.2, 0) is 14.3 Å². The molecule has 0 aliphatic carbocycles. The van der Waals surface area contributed by atoms with Gasteiger partial charge in [0.25, 0.3) is 0 Å². The number of methoxy groups -OCH3 is 2. The van der Waals surface area contributed by atoms with E-state index in [2.05, 4.69) is 11.8 Å². The van der Waals surface area contributed by atoms with Crippen molar-refractivity contribution in [2.75, 3.05) is 47.1 Å². The first-order valence-corrected chi connectivity index (χ1v) is 6.28. The fourth-order valence-electron chi connectivity index (χ4n) is 1.97. The number of rotatable bonds is 11. The summed E-state index contributed by atoms with van der Waals surface area (Å²) in [7, 11) is 3.39. The number of hydrogen-bond acceptors (Lipinski definition) is 4. The van der Waals surface area contributed by atoms with Gasteiger partial charge in [-0.3, -0.25) is 4.90 Å². The molecule has 0 aliphatic heterocycles. The van der Waals surface area contributed by atoms with Crippen molar-refractivity contribution >= 4 is 6.29 Å². The molecule has 0 saturated carbocycles. The molecule has 0 aromatic heterocycles. The Balaban J connectivity index is 4.30. The highest BCUT2D eigenvalue weighted by Gasteiger charge is 2.25. The average molecular weight is 245 g/mol. The van der Waals surface area contributed by atoms with Gasteiger partial charge in [-0.2, -0.15) is 0 Å². The highest BCUT2D eigenvalue weighted by Crippen LogP contribution is 2.21.